The van der Waals surface area contributed by atoms with Gasteiger partial charge in [-0.15, -0.1) is 0 Å². The molecule has 0 amide bonds. The molecule has 5 heteroatoms. The molecule has 0 fully saturated rings. The van der Waals surface area contributed by atoms with Gasteiger partial charge in [0.05, 0.1) is 17.7 Å². The molecule has 0 spiro atoms. The number of hydrogen-bond acceptors (Lipinski definition) is 4. The standard InChI is InChI=1S/C29H28FNO3/c1-16-15-21-19(7-6-8-22(21)30)26(24(16)28(17(2)32)34-29(3,4)5)20-9-10-23-25-18(12-14-33-23)11-13-31-27(20)25/h6-11,13,15,28H,12,14H2,1-5H3. The van der Waals surface area contributed by atoms with Gasteiger partial charge in [-0.3, -0.25) is 9.78 Å². The zero-order valence-electron chi connectivity index (χ0n) is 20.2. The Bertz CT molecular complexity index is 1440. The summed E-state index contributed by atoms with van der Waals surface area (Å²) >= 11 is 0. The van der Waals surface area contributed by atoms with Gasteiger partial charge in [0.2, 0.25) is 0 Å². The number of carbonyl (C=O) groups excluding carboxylic acids is 1. The maximum atomic E-state index is 15.0. The van der Waals surface area contributed by atoms with Gasteiger partial charge in [0.15, 0.2) is 5.78 Å². The van der Waals surface area contributed by atoms with Gasteiger partial charge in [-0.1, -0.05) is 12.1 Å². The second-order valence-electron chi connectivity index (χ2n) is 9.94. The molecule has 1 unspecified atom stereocenters. The highest BCUT2D eigenvalue weighted by Crippen LogP contribution is 2.45. The number of fused-ring (bicyclic) bond motifs is 1. The van der Waals surface area contributed by atoms with Crippen molar-refractivity contribution in [1.82, 2.24) is 4.98 Å². The Balaban J connectivity index is 1.93. The monoisotopic (exact) mass is 457 g/mol. The molecule has 34 heavy (non-hydrogen) atoms. The van der Waals surface area contributed by atoms with E-state index in [1.165, 1.54) is 11.6 Å². The fourth-order valence-electron chi connectivity index (χ4n) is 4.97. The Hall–Kier alpha value is -3.31. The van der Waals surface area contributed by atoms with E-state index in [-0.39, 0.29) is 11.6 Å². The summed E-state index contributed by atoms with van der Waals surface area (Å²) in [6.45, 7) is 9.87. The van der Waals surface area contributed by atoms with E-state index in [1.54, 1.807) is 13.0 Å². The molecule has 2 heterocycles. The topological polar surface area (TPSA) is 48.4 Å². The molecule has 0 radical (unpaired) electrons. The van der Waals surface area contributed by atoms with Crippen molar-refractivity contribution in [3.8, 4) is 16.9 Å². The molecule has 0 bridgehead atoms. The molecule has 5 rings (SSSR count). The molecule has 4 aromatic rings. The lowest BCUT2D eigenvalue weighted by Crippen LogP contribution is -2.27. The van der Waals surface area contributed by atoms with Gasteiger partial charge in [0, 0.05) is 29.0 Å². The smallest absolute Gasteiger partial charge is 0.163 e. The van der Waals surface area contributed by atoms with Gasteiger partial charge in [-0.2, -0.15) is 0 Å². The number of ether oxygens (including phenoxy) is 2. The summed E-state index contributed by atoms with van der Waals surface area (Å²) in [5, 5.41) is 2.21. The quantitative estimate of drug-likeness (QED) is 0.335. The maximum Gasteiger partial charge on any atom is 0.163 e. The van der Waals surface area contributed by atoms with Crippen LogP contribution in [0.2, 0.25) is 0 Å². The first kappa shape index (κ1) is 22.5. The summed E-state index contributed by atoms with van der Waals surface area (Å²) in [4.78, 5) is 17.7. The number of carbonyl (C=O) groups is 1. The van der Waals surface area contributed by atoms with Crippen LogP contribution in [0.1, 0.15) is 50.5 Å². The first-order chi connectivity index (χ1) is 16.2. The molecule has 0 N–H and O–H groups in total. The van der Waals surface area contributed by atoms with E-state index in [9.17, 15) is 9.18 Å². The molecule has 1 atom stereocenters. The predicted octanol–water partition coefficient (Wildman–Crippen LogP) is 6.88. The van der Waals surface area contributed by atoms with Gasteiger partial charge in [0.25, 0.3) is 0 Å². The van der Waals surface area contributed by atoms with Crippen molar-refractivity contribution in [1.29, 1.82) is 0 Å². The second-order valence-corrected chi connectivity index (χ2v) is 9.94. The number of nitrogens with zero attached hydrogens (tertiary/aromatic N) is 1. The first-order valence-corrected chi connectivity index (χ1v) is 11.6. The van der Waals surface area contributed by atoms with Gasteiger partial charge in [0.1, 0.15) is 17.7 Å². The molecule has 174 valence electrons. The van der Waals surface area contributed by atoms with Crippen LogP contribution in [0.5, 0.6) is 5.75 Å². The highest BCUT2D eigenvalue weighted by Gasteiger charge is 2.31. The zero-order chi connectivity index (χ0) is 24.2. The van der Waals surface area contributed by atoms with E-state index >= 15 is 0 Å². The minimum Gasteiger partial charge on any atom is -0.493 e. The summed E-state index contributed by atoms with van der Waals surface area (Å²) < 4.78 is 27.2. The number of hydrogen-bond donors (Lipinski definition) is 0. The summed E-state index contributed by atoms with van der Waals surface area (Å²) in [7, 11) is 0. The minimum atomic E-state index is -0.801. The third kappa shape index (κ3) is 3.74. The highest BCUT2D eigenvalue weighted by atomic mass is 19.1. The summed E-state index contributed by atoms with van der Waals surface area (Å²) in [5.74, 6) is 0.393. The Labute approximate surface area is 198 Å². The number of halogens is 1. The van der Waals surface area contributed by atoms with E-state index in [0.717, 1.165) is 50.7 Å². The molecule has 3 aromatic carbocycles. The summed E-state index contributed by atoms with van der Waals surface area (Å²) in [5.41, 5.74) is 4.57. The number of aryl methyl sites for hydroxylation is 1. The van der Waals surface area contributed by atoms with Crippen LogP contribution in [0.15, 0.2) is 48.7 Å². The maximum absolute atomic E-state index is 15.0. The van der Waals surface area contributed by atoms with Crippen molar-refractivity contribution in [3.05, 3.63) is 71.2 Å². The van der Waals surface area contributed by atoms with Crippen molar-refractivity contribution in [2.45, 2.75) is 52.7 Å². The van der Waals surface area contributed by atoms with Crippen LogP contribution in [-0.2, 0) is 16.0 Å². The normalized spacial score (nSPS) is 14.3. The molecule has 0 aliphatic carbocycles. The molecule has 4 nitrogen and oxygen atoms in total. The third-order valence-electron chi connectivity index (χ3n) is 6.32. The Kier molecular flexibility index (Phi) is 5.40. The number of Topliss-reactive ketones (excluding diaryl/α,β-unsaturated/α-hetero) is 1. The summed E-state index contributed by atoms with van der Waals surface area (Å²) in [6.07, 6.45) is 1.81. The lowest BCUT2D eigenvalue weighted by atomic mass is 9.84. The van der Waals surface area contributed by atoms with Crippen molar-refractivity contribution in [2.24, 2.45) is 0 Å². The van der Waals surface area contributed by atoms with E-state index in [4.69, 9.17) is 14.5 Å². The lowest BCUT2D eigenvalue weighted by molar-refractivity contribution is -0.138. The van der Waals surface area contributed by atoms with E-state index in [2.05, 4.69) is 0 Å². The largest absolute Gasteiger partial charge is 0.493 e. The van der Waals surface area contributed by atoms with Crippen molar-refractivity contribution >= 4 is 27.5 Å². The first-order valence-electron chi connectivity index (χ1n) is 11.6. The average molecular weight is 458 g/mol. The van der Waals surface area contributed by atoms with Crippen LogP contribution < -0.4 is 4.74 Å². The fraction of sp³-hybridized carbons (Fsp3) is 0.310. The molecular weight excluding hydrogens is 429 g/mol. The van der Waals surface area contributed by atoms with Crippen LogP contribution >= 0.6 is 0 Å². The third-order valence-corrected chi connectivity index (χ3v) is 6.32. The zero-order valence-corrected chi connectivity index (χ0v) is 20.2. The Morgan fingerprint density at radius 2 is 1.94 bits per heavy atom. The molecule has 0 saturated heterocycles. The fourth-order valence-corrected chi connectivity index (χ4v) is 4.97. The van der Waals surface area contributed by atoms with Gasteiger partial charge in [-0.25, -0.2) is 4.39 Å². The molecule has 1 aliphatic rings. The lowest BCUT2D eigenvalue weighted by Gasteiger charge is -2.30. The van der Waals surface area contributed by atoms with Crippen LogP contribution in [0, 0.1) is 12.7 Å². The van der Waals surface area contributed by atoms with Crippen LogP contribution in [0.25, 0.3) is 32.8 Å². The van der Waals surface area contributed by atoms with E-state index < -0.39 is 11.7 Å². The SMILES string of the molecule is CC(=O)C(OC(C)(C)C)c1c(C)cc2c(F)cccc2c1-c1ccc2c3c(ccnc13)CCO2. The van der Waals surface area contributed by atoms with Crippen LogP contribution in [-0.4, -0.2) is 23.0 Å². The molecule has 1 aromatic heterocycles. The van der Waals surface area contributed by atoms with Gasteiger partial charge >= 0.3 is 0 Å². The Morgan fingerprint density at radius 3 is 2.68 bits per heavy atom. The number of rotatable bonds is 4. The van der Waals surface area contributed by atoms with Crippen molar-refractivity contribution < 1.29 is 18.7 Å². The molecule has 1 aliphatic heterocycles. The van der Waals surface area contributed by atoms with E-state index in [1.807, 2.05) is 64.2 Å². The number of aromatic nitrogens is 1. The summed E-state index contributed by atoms with van der Waals surface area (Å²) in [6, 6.07) is 12.8. The molecule has 0 saturated carbocycles. The second kappa shape index (κ2) is 8.17. The van der Waals surface area contributed by atoms with Crippen molar-refractivity contribution in [3.63, 3.8) is 0 Å². The Morgan fingerprint density at radius 1 is 1.15 bits per heavy atom. The number of ketones is 1. The number of pyridine rings is 1. The minimum absolute atomic E-state index is 0.103. The highest BCUT2D eigenvalue weighted by molar-refractivity contribution is 6.09. The van der Waals surface area contributed by atoms with Gasteiger partial charge in [-0.05, 0) is 92.6 Å². The number of benzene rings is 3. The van der Waals surface area contributed by atoms with Crippen LogP contribution in [0.3, 0.4) is 0 Å². The predicted molar refractivity (Wildman–Crippen MR) is 133 cm³/mol. The van der Waals surface area contributed by atoms with Crippen molar-refractivity contribution in [2.75, 3.05) is 6.61 Å². The van der Waals surface area contributed by atoms with Crippen LogP contribution in [0.4, 0.5) is 4.39 Å². The van der Waals surface area contributed by atoms with E-state index in [0.29, 0.717) is 12.0 Å². The van der Waals surface area contributed by atoms with Gasteiger partial charge < -0.3 is 9.47 Å². The average Bonchev–Trinajstić information content (AvgIpc) is 2.78. The molecular formula is C29H28FNO3.